The average molecular weight is 254 g/mol. The fourth-order valence-corrected chi connectivity index (χ4v) is 2.38. The summed E-state index contributed by atoms with van der Waals surface area (Å²) in [6, 6.07) is 17.3. The molecule has 0 aromatic heterocycles. The maximum Gasteiger partial charge on any atom is 0.118 e. The van der Waals surface area contributed by atoms with Crippen LogP contribution in [0.4, 0.5) is 0 Å². The molecule has 100 valence electrons. The van der Waals surface area contributed by atoms with Crippen molar-refractivity contribution >= 4 is 0 Å². The zero-order valence-electron chi connectivity index (χ0n) is 12.0. The Balaban J connectivity index is 2.08. The van der Waals surface area contributed by atoms with Crippen LogP contribution in [0.3, 0.4) is 0 Å². The molecule has 0 radical (unpaired) electrons. The quantitative estimate of drug-likeness (QED) is 0.757. The van der Waals surface area contributed by atoms with Crippen molar-refractivity contribution in [1.82, 2.24) is 0 Å². The van der Waals surface area contributed by atoms with Gasteiger partial charge in [0.2, 0.25) is 0 Å². The first-order chi connectivity index (χ1) is 9.22. The molecule has 0 saturated heterocycles. The molecule has 0 aliphatic rings. The van der Waals surface area contributed by atoms with Gasteiger partial charge in [0.15, 0.2) is 0 Å². The highest BCUT2D eigenvalue weighted by Crippen LogP contribution is 2.23. The fourth-order valence-electron chi connectivity index (χ4n) is 2.38. The smallest absolute Gasteiger partial charge is 0.118 e. The standard InChI is InChI=1S/C18H22O/c1-4-15-6-5-7-16(13-15)12-14(2)17-8-10-18(19-3)11-9-17/h5-11,13-14H,4,12H2,1-3H3. The predicted octanol–water partition coefficient (Wildman–Crippen LogP) is 4.60. The van der Waals surface area contributed by atoms with Gasteiger partial charge in [0, 0.05) is 0 Å². The van der Waals surface area contributed by atoms with Crippen LogP contribution in [-0.4, -0.2) is 7.11 Å². The summed E-state index contributed by atoms with van der Waals surface area (Å²) in [6.07, 6.45) is 2.19. The molecule has 2 aromatic carbocycles. The van der Waals surface area contributed by atoms with Gasteiger partial charge in [-0.1, -0.05) is 50.2 Å². The topological polar surface area (TPSA) is 9.23 Å². The number of ether oxygens (including phenoxy) is 1. The largest absolute Gasteiger partial charge is 0.497 e. The van der Waals surface area contributed by atoms with Gasteiger partial charge in [0.05, 0.1) is 7.11 Å². The number of hydrogen-bond acceptors (Lipinski definition) is 1. The van der Waals surface area contributed by atoms with Crippen LogP contribution in [-0.2, 0) is 12.8 Å². The van der Waals surface area contributed by atoms with Gasteiger partial charge >= 0.3 is 0 Å². The Morgan fingerprint density at radius 2 is 1.68 bits per heavy atom. The Morgan fingerprint density at radius 1 is 1.00 bits per heavy atom. The zero-order chi connectivity index (χ0) is 13.7. The van der Waals surface area contributed by atoms with E-state index in [2.05, 4.69) is 50.2 Å². The molecule has 0 amide bonds. The molecule has 1 nitrogen and oxygen atoms in total. The summed E-state index contributed by atoms with van der Waals surface area (Å²) in [6.45, 7) is 4.48. The molecule has 0 bridgehead atoms. The van der Waals surface area contributed by atoms with Crippen molar-refractivity contribution in [2.24, 2.45) is 0 Å². The van der Waals surface area contributed by atoms with Crippen LogP contribution in [0.25, 0.3) is 0 Å². The van der Waals surface area contributed by atoms with Crippen LogP contribution >= 0.6 is 0 Å². The maximum absolute atomic E-state index is 5.20. The molecule has 19 heavy (non-hydrogen) atoms. The lowest BCUT2D eigenvalue weighted by molar-refractivity contribution is 0.414. The summed E-state index contributed by atoms with van der Waals surface area (Å²) < 4.78 is 5.20. The summed E-state index contributed by atoms with van der Waals surface area (Å²) in [5, 5.41) is 0. The van der Waals surface area contributed by atoms with Crippen molar-refractivity contribution in [2.45, 2.75) is 32.6 Å². The number of methoxy groups -OCH3 is 1. The van der Waals surface area contributed by atoms with E-state index in [0.717, 1.165) is 18.6 Å². The van der Waals surface area contributed by atoms with Crippen molar-refractivity contribution in [3.63, 3.8) is 0 Å². The Bertz CT molecular complexity index is 513. The van der Waals surface area contributed by atoms with E-state index < -0.39 is 0 Å². The molecule has 2 rings (SSSR count). The molecule has 0 N–H and O–H groups in total. The van der Waals surface area contributed by atoms with E-state index in [1.54, 1.807) is 7.11 Å². The summed E-state index contributed by atoms with van der Waals surface area (Å²) in [5.41, 5.74) is 4.20. The number of aryl methyl sites for hydroxylation is 1. The second kappa shape index (κ2) is 6.42. The zero-order valence-corrected chi connectivity index (χ0v) is 12.0. The van der Waals surface area contributed by atoms with Crippen molar-refractivity contribution in [3.8, 4) is 5.75 Å². The Hall–Kier alpha value is -1.76. The molecule has 1 unspecified atom stereocenters. The first kappa shape index (κ1) is 13.7. The predicted molar refractivity (Wildman–Crippen MR) is 80.9 cm³/mol. The van der Waals surface area contributed by atoms with E-state index in [-0.39, 0.29) is 0 Å². The Kier molecular flexibility index (Phi) is 4.62. The lowest BCUT2D eigenvalue weighted by Crippen LogP contribution is -1.99. The maximum atomic E-state index is 5.20. The molecule has 0 aliphatic carbocycles. The molecule has 1 heteroatoms. The van der Waals surface area contributed by atoms with Gasteiger partial charge in [0.25, 0.3) is 0 Å². The molecule has 0 aliphatic heterocycles. The highest BCUT2D eigenvalue weighted by Gasteiger charge is 2.07. The first-order valence-electron chi connectivity index (χ1n) is 6.94. The third kappa shape index (κ3) is 3.60. The van der Waals surface area contributed by atoms with Crippen LogP contribution in [0.5, 0.6) is 5.75 Å². The second-order valence-corrected chi connectivity index (χ2v) is 5.05. The first-order valence-corrected chi connectivity index (χ1v) is 6.94. The van der Waals surface area contributed by atoms with Crippen LogP contribution < -0.4 is 4.74 Å². The number of benzene rings is 2. The number of rotatable bonds is 5. The van der Waals surface area contributed by atoms with Crippen molar-refractivity contribution in [2.75, 3.05) is 7.11 Å². The minimum Gasteiger partial charge on any atom is -0.497 e. The summed E-state index contributed by atoms with van der Waals surface area (Å²) >= 11 is 0. The SMILES string of the molecule is CCc1cccc(CC(C)c2ccc(OC)cc2)c1. The molecule has 0 spiro atoms. The van der Waals surface area contributed by atoms with Crippen molar-refractivity contribution < 1.29 is 4.74 Å². The fraction of sp³-hybridized carbons (Fsp3) is 0.333. The minimum absolute atomic E-state index is 0.526. The van der Waals surface area contributed by atoms with Crippen LogP contribution in [0.15, 0.2) is 48.5 Å². The lowest BCUT2D eigenvalue weighted by Gasteiger charge is -2.13. The molecular weight excluding hydrogens is 232 g/mol. The highest BCUT2D eigenvalue weighted by atomic mass is 16.5. The molecule has 2 aromatic rings. The Labute approximate surface area is 116 Å². The average Bonchev–Trinajstić information content (AvgIpc) is 2.47. The van der Waals surface area contributed by atoms with Crippen LogP contribution in [0, 0.1) is 0 Å². The lowest BCUT2D eigenvalue weighted by atomic mass is 9.93. The normalized spacial score (nSPS) is 12.2. The van der Waals surface area contributed by atoms with Gasteiger partial charge in [-0.2, -0.15) is 0 Å². The molecule has 0 heterocycles. The highest BCUT2D eigenvalue weighted by molar-refractivity contribution is 5.31. The van der Waals surface area contributed by atoms with Crippen molar-refractivity contribution in [1.29, 1.82) is 0 Å². The van der Waals surface area contributed by atoms with Crippen LogP contribution in [0.2, 0.25) is 0 Å². The summed E-state index contributed by atoms with van der Waals surface area (Å²) in [5.74, 6) is 1.45. The van der Waals surface area contributed by atoms with E-state index in [4.69, 9.17) is 4.74 Å². The molecule has 1 atom stereocenters. The van der Waals surface area contributed by atoms with Crippen LogP contribution in [0.1, 0.15) is 36.5 Å². The monoisotopic (exact) mass is 254 g/mol. The molecule has 0 saturated carbocycles. The Morgan fingerprint density at radius 3 is 2.32 bits per heavy atom. The van der Waals surface area contributed by atoms with Gasteiger partial charge in [-0.3, -0.25) is 0 Å². The van der Waals surface area contributed by atoms with E-state index in [1.807, 2.05) is 12.1 Å². The van der Waals surface area contributed by atoms with Gasteiger partial charge < -0.3 is 4.74 Å². The molecular formula is C18H22O. The van der Waals surface area contributed by atoms with Gasteiger partial charge in [-0.05, 0) is 47.6 Å². The van der Waals surface area contributed by atoms with E-state index in [1.165, 1.54) is 16.7 Å². The minimum atomic E-state index is 0.526. The van der Waals surface area contributed by atoms with Crippen molar-refractivity contribution in [3.05, 3.63) is 65.2 Å². The molecule has 0 fully saturated rings. The van der Waals surface area contributed by atoms with E-state index in [9.17, 15) is 0 Å². The van der Waals surface area contributed by atoms with E-state index in [0.29, 0.717) is 5.92 Å². The van der Waals surface area contributed by atoms with Gasteiger partial charge in [0.1, 0.15) is 5.75 Å². The van der Waals surface area contributed by atoms with Gasteiger partial charge in [-0.15, -0.1) is 0 Å². The van der Waals surface area contributed by atoms with Gasteiger partial charge in [-0.25, -0.2) is 0 Å². The number of hydrogen-bond donors (Lipinski definition) is 0. The third-order valence-electron chi connectivity index (χ3n) is 3.63. The second-order valence-electron chi connectivity index (χ2n) is 5.05. The van der Waals surface area contributed by atoms with E-state index >= 15 is 0 Å². The summed E-state index contributed by atoms with van der Waals surface area (Å²) in [4.78, 5) is 0. The third-order valence-corrected chi connectivity index (χ3v) is 3.63. The summed E-state index contributed by atoms with van der Waals surface area (Å²) in [7, 11) is 1.70.